The summed E-state index contributed by atoms with van der Waals surface area (Å²) >= 11 is 0. The van der Waals surface area contributed by atoms with Crippen molar-refractivity contribution in [1.82, 2.24) is 0 Å². The number of nitrogen functional groups attached to an aromatic ring is 1. The fourth-order valence-electron chi connectivity index (χ4n) is 1.09. The molecule has 0 aliphatic heterocycles. The predicted molar refractivity (Wildman–Crippen MR) is 74.2 cm³/mol. The van der Waals surface area contributed by atoms with Crippen LogP contribution in [0.2, 0.25) is 0 Å². The summed E-state index contributed by atoms with van der Waals surface area (Å²) in [5.41, 5.74) is 7.88. The molecule has 0 atom stereocenters. The first-order chi connectivity index (χ1) is 8.86. The predicted octanol–water partition coefficient (Wildman–Crippen LogP) is 1.38. The molecule has 5 nitrogen and oxygen atoms in total. The van der Waals surface area contributed by atoms with Gasteiger partial charge in [0, 0.05) is 17.7 Å². The van der Waals surface area contributed by atoms with Crippen LogP contribution in [0.4, 0.5) is 5.69 Å². The first kappa shape index (κ1) is 17.2. The number of nitrogens with two attached hydrogens (primary N) is 1. The maximum Gasteiger partial charge on any atom is 0.333 e. The number of hydrogen-bond donors (Lipinski definition) is 3. The molecule has 19 heavy (non-hydrogen) atoms. The minimum absolute atomic E-state index is 0.0426. The van der Waals surface area contributed by atoms with E-state index in [1.807, 2.05) is 31.2 Å². The summed E-state index contributed by atoms with van der Waals surface area (Å²) in [6.07, 6.45) is 0.0480. The van der Waals surface area contributed by atoms with Crippen molar-refractivity contribution in [3.63, 3.8) is 0 Å². The topological polar surface area (TPSA) is 92.8 Å². The Morgan fingerprint density at radius 2 is 1.89 bits per heavy atom. The number of esters is 1. The molecule has 0 aliphatic rings. The summed E-state index contributed by atoms with van der Waals surface area (Å²) < 4.78 is 4.37. The number of benzene rings is 1. The first-order valence-electron chi connectivity index (χ1n) is 5.80. The first-order valence-corrected chi connectivity index (χ1v) is 5.80. The van der Waals surface area contributed by atoms with Crippen LogP contribution in [0.1, 0.15) is 18.9 Å². The largest absolute Gasteiger partial charge is 0.466 e. The number of hydrogen-bond acceptors (Lipinski definition) is 5. The molecule has 0 aliphatic carbocycles. The fraction of sp³-hybridized carbons (Fsp3) is 0.357. The molecule has 0 fully saturated rings. The molecule has 0 bridgehead atoms. The van der Waals surface area contributed by atoms with E-state index in [0.29, 0.717) is 5.57 Å². The Bertz CT molecular complexity index is 389. The monoisotopic (exact) mass is 267 g/mol. The van der Waals surface area contributed by atoms with E-state index < -0.39 is 12.3 Å². The molecule has 0 amide bonds. The smallest absolute Gasteiger partial charge is 0.333 e. The molecule has 1 aromatic carbocycles. The van der Waals surface area contributed by atoms with Crippen molar-refractivity contribution in [1.29, 1.82) is 0 Å². The molecule has 0 aromatic heterocycles. The minimum atomic E-state index is -1.41. The molecule has 0 spiro atoms. The summed E-state index contributed by atoms with van der Waals surface area (Å²) in [6.45, 7) is 3.59. The zero-order chi connectivity index (χ0) is 14.8. The van der Waals surface area contributed by atoms with E-state index in [4.69, 9.17) is 15.9 Å². The number of carbonyl (C=O) groups excluding carboxylic acids is 1. The van der Waals surface area contributed by atoms with Gasteiger partial charge in [-0.1, -0.05) is 23.8 Å². The van der Waals surface area contributed by atoms with E-state index in [9.17, 15) is 4.79 Å². The molecule has 106 valence electrons. The second kappa shape index (κ2) is 9.13. The van der Waals surface area contributed by atoms with Gasteiger partial charge in [-0.25, -0.2) is 4.79 Å². The van der Waals surface area contributed by atoms with Crippen molar-refractivity contribution in [3.8, 4) is 0 Å². The van der Waals surface area contributed by atoms with Crippen LogP contribution < -0.4 is 5.73 Å². The molecule has 1 rings (SSSR count). The lowest BCUT2D eigenvalue weighted by molar-refractivity contribution is -0.136. The Hall–Kier alpha value is -1.85. The van der Waals surface area contributed by atoms with E-state index in [1.165, 1.54) is 18.7 Å². The van der Waals surface area contributed by atoms with Crippen molar-refractivity contribution >= 4 is 11.7 Å². The van der Waals surface area contributed by atoms with Gasteiger partial charge in [0.05, 0.1) is 7.11 Å². The molecule has 0 saturated heterocycles. The van der Waals surface area contributed by atoms with E-state index in [0.717, 1.165) is 5.69 Å². The number of ether oxygens (including phenoxy) is 1. The van der Waals surface area contributed by atoms with Crippen molar-refractivity contribution in [2.24, 2.45) is 0 Å². The molecular weight excluding hydrogens is 246 g/mol. The number of methoxy groups -OCH3 is 1. The fourth-order valence-corrected chi connectivity index (χ4v) is 1.09. The van der Waals surface area contributed by atoms with Crippen molar-refractivity contribution in [2.45, 2.75) is 26.6 Å². The van der Waals surface area contributed by atoms with Crippen LogP contribution in [-0.2, 0) is 9.53 Å². The van der Waals surface area contributed by atoms with Gasteiger partial charge in [-0.3, -0.25) is 0 Å². The highest BCUT2D eigenvalue weighted by Crippen LogP contribution is 2.02. The molecule has 5 heteroatoms. The summed E-state index contributed by atoms with van der Waals surface area (Å²) in [7, 11) is 1.27. The summed E-state index contributed by atoms with van der Waals surface area (Å²) in [4.78, 5) is 10.7. The number of anilines is 1. The number of carbonyl (C=O) groups is 1. The lowest BCUT2D eigenvalue weighted by Crippen LogP contribution is -2.05. The van der Waals surface area contributed by atoms with Crippen molar-refractivity contribution in [3.05, 3.63) is 41.5 Å². The lowest BCUT2D eigenvalue weighted by Gasteiger charge is -1.99. The third-order valence-electron chi connectivity index (χ3n) is 2.22. The summed E-state index contributed by atoms with van der Waals surface area (Å²) in [5, 5.41) is 16.8. The quantitative estimate of drug-likeness (QED) is 0.333. The maximum atomic E-state index is 10.7. The minimum Gasteiger partial charge on any atom is -0.466 e. The second-order valence-corrected chi connectivity index (χ2v) is 4.01. The van der Waals surface area contributed by atoms with E-state index in [2.05, 4.69) is 4.74 Å². The zero-order valence-corrected chi connectivity index (χ0v) is 11.5. The van der Waals surface area contributed by atoms with E-state index in [1.54, 1.807) is 6.92 Å². The molecule has 0 saturated carbocycles. The van der Waals surface area contributed by atoms with Gasteiger partial charge >= 0.3 is 5.97 Å². The SMILES string of the molecule is COC(=O)C(C)=CCC(O)O.Cc1ccc(N)cc1. The number of aliphatic hydroxyl groups is 2. The highest BCUT2D eigenvalue weighted by atomic mass is 16.5. The Balaban J connectivity index is 0.000000356. The third kappa shape index (κ3) is 8.82. The van der Waals surface area contributed by atoms with Crippen LogP contribution in [0.5, 0.6) is 0 Å². The Morgan fingerprint density at radius 1 is 1.37 bits per heavy atom. The van der Waals surface area contributed by atoms with Gasteiger partial charge in [0.25, 0.3) is 0 Å². The molecule has 0 radical (unpaired) electrons. The highest BCUT2D eigenvalue weighted by Gasteiger charge is 2.02. The molecule has 1 aromatic rings. The normalized spacial score (nSPS) is 10.7. The lowest BCUT2D eigenvalue weighted by atomic mass is 10.2. The second-order valence-electron chi connectivity index (χ2n) is 4.01. The van der Waals surface area contributed by atoms with Crippen molar-refractivity contribution in [2.75, 3.05) is 12.8 Å². The van der Waals surface area contributed by atoms with Gasteiger partial charge in [-0.05, 0) is 26.0 Å². The van der Waals surface area contributed by atoms with Crippen LogP contribution in [0.25, 0.3) is 0 Å². The summed E-state index contributed by atoms with van der Waals surface area (Å²) in [5.74, 6) is -0.453. The van der Waals surface area contributed by atoms with Gasteiger partial charge in [-0.2, -0.15) is 0 Å². The van der Waals surface area contributed by atoms with Crippen LogP contribution in [-0.4, -0.2) is 29.6 Å². The molecule has 0 heterocycles. The van der Waals surface area contributed by atoms with Gasteiger partial charge < -0.3 is 20.7 Å². The molecule has 4 N–H and O–H groups in total. The maximum absolute atomic E-state index is 10.7. The summed E-state index contributed by atoms with van der Waals surface area (Å²) in [6, 6.07) is 7.79. The van der Waals surface area contributed by atoms with Gasteiger partial charge in [0.2, 0.25) is 0 Å². The average molecular weight is 267 g/mol. The Kier molecular flexibility index (Phi) is 8.24. The average Bonchev–Trinajstić information content (AvgIpc) is 2.39. The molecular formula is C14H21NO4. The van der Waals surface area contributed by atoms with Gasteiger partial charge in [-0.15, -0.1) is 0 Å². The zero-order valence-electron chi connectivity index (χ0n) is 11.5. The Labute approximate surface area is 113 Å². The van der Waals surface area contributed by atoms with Gasteiger partial charge in [0.15, 0.2) is 6.29 Å². The third-order valence-corrected chi connectivity index (χ3v) is 2.22. The Morgan fingerprint density at radius 3 is 2.26 bits per heavy atom. The molecule has 0 unspecified atom stereocenters. The van der Waals surface area contributed by atoms with Gasteiger partial charge in [0.1, 0.15) is 0 Å². The number of aliphatic hydroxyl groups excluding tert-OH is 1. The van der Waals surface area contributed by atoms with Crippen LogP contribution in [0.15, 0.2) is 35.9 Å². The highest BCUT2D eigenvalue weighted by molar-refractivity contribution is 5.87. The van der Waals surface area contributed by atoms with Crippen LogP contribution in [0, 0.1) is 6.92 Å². The van der Waals surface area contributed by atoms with E-state index >= 15 is 0 Å². The van der Waals surface area contributed by atoms with Crippen LogP contribution >= 0.6 is 0 Å². The number of rotatable bonds is 3. The number of aryl methyl sites for hydroxylation is 1. The van der Waals surface area contributed by atoms with Crippen molar-refractivity contribution < 1.29 is 19.7 Å². The van der Waals surface area contributed by atoms with E-state index in [-0.39, 0.29) is 6.42 Å². The van der Waals surface area contributed by atoms with Crippen LogP contribution in [0.3, 0.4) is 0 Å². The standard InChI is InChI=1S/C7H9N.C7H12O4/c1-6-2-4-7(8)5-3-6;1-5(7(10)11-2)3-4-6(8)9/h2-5H,8H2,1H3;3,6,8-9H,4H2,1-2H3.